The van der Waals surface area contributed by atoms with Gasteiger partial charge in [-0.2, -0.15) is 0 Å². The van der Waals surface area contributed by atoms with Gasteiger partial charge in [0.25, 0.3) is 0 Å². The molecule has 3 heteroatoms. The quantitative estimate of drug-likeness (QED) is 0.191. The zero-order valence-corrected chi connectivity index (χ0v) is 56.9. The van der Waals surface area contributed by atoms with E-state index in [2.05, 4.69) is 276 Å². The molecule has 2 nitrogen and oxygen atoms in total. The summed E-state index contributed by atoms with van der Waals surface area (Å²) in [4.78, 5) is 33.0. The predicted octanol–water partition coefficient (Wildman–Crippen LogP) is 20.7. The van der Waals surface area contributed by atoms with E-state index in [-0.39, 0.29) is 78.5 Å². The van der Waals surface area contributed by atoms with Crippen LogP contribution in [-0.4, -0.2) is 24.0 Å². The van der Waals surface area contributed by atoms with Crippen LogP contribution in [0.4, 0.5) is 0 Å². The molecule has 0 saturated heterocycles. The van der Waals surface area contributed by atoms with Gasteiger partial charge in [-0.25, -0.2) is 0 Å². The van der Waals surface area contributed by atoms with Crippen molar-refractivity contribution in [2.45, 2.75) is 223 Å². The fourth-order valence-corrected chi connectivity index (χ4v) is 15.2. The minimum absolute atomic E-state index is 0.00219. The number of rotatable bonds is 4. The molecule has 444 valence electrons. The Hall–Kier alpha value is -6.19. The first-order valence-corrected chi connectivity index (χ1v) is 32.5. The molecule has 1 aliphatic heterocycles. The van der Waals surface area contributed by atoms with E-state index in [1.807, 2.05) is 0 Å². The first-order valence-electron chi connectivity index (χ1n) is 32.5. The van der Waals surface area contributed by atoms with Crippen molar-refractivity contribution in [3.05, 3.63) is 220 Å². The van der Waals surface area contributed by atoms with Crippen LogP contribution in [0.25, 0.3) is 22.3 Å². The van der Waals surface area contributed by atoms with Crippen molar-refractivity contribution in [3.8, 4) is 0 Å². The maximum absolute atomic E-state index is 16.5. The number of Topliss-reactive ketones (excluding diaryl/α,β-unsaturated/α-hetero) is 2. The maximum atomic E-state index is 16.5. The Morgan fingerprint density at radius 3 is 1.34 bits per heavy atom. The zero-order valence-electron chi connectivity index (χ0n) is 56.9. The van der Waals surface area contributed by atoms with Crippen molar-refractivity contribution < 1.29 is 9.59 Å². The zero-order chi connectivity index (χ0) is 62.6. The summed E-state index contributed by atoms with van der Waals surface area (Å²) < 4.78 is 0. The van der Waals surface area contributed by atoms with Gasteiger partial charge < -0.3 is 0 Å². The van der Waals surface area contributed by atoms with Crippen LogP contribution in [0.1, 0.15) is 252 Å². The summed E-state index contributed by atoms with van der Waals surface area (Å²) in [6, 6.07) is 28.2. The van der Waals surface area contributed by atoms with E-state index < -0.39 is 0 Å². The molecule has 0 N–H and O–H groups in total. The van der Waals surface area contributed by atoms with Crippen molar-refractivity contribution in [2.24, 2.45) is 22.7 Å². The first kappa shape index (κ1) is 60.1. The monoisotopic (exact) mass is 1140 g/mol. The molecule has 1 fully saturated rings. The van der Waals surface area contributed by atoms with Gasteiger partial charge >= 0.3 is 522 Å². The molecule has 4 aromatic carbocycles. The summed E-state index contributed by atoms with van der Waals surface area (Å²) in [5.41, 5.74) is 28.9. The summed E-state index contributed by atoms with van der Waals surface area (Å²) in [5, 5.41) is 0. The van der Waals surface area contributed by atoms with E-state index in [9.17, 15) is 0 Å². The second kappa shape index (κ2) is 19.2. The Kier molecular flexibility index (Phi) is 13.4. The number of carbonyl (C=O) groups excluding carboxylic acids is 2. The average molecular weight is 1140 g/mol. The van der Waals surface area contributed by atoms with E-state index in [1.165, 1.54) is 77.8 Å². The predicted molar refractivity (Wildman–Crippen MR) is 368 cm³/mol. The molecular weight excluding hydrogens is 1040 g/mol. The molecule has 4 atom stereocenters. The summed E-state index contributed by atoms with van der Waals surface area (Å²) in [7, 11) is 0. The van der Waals surface area contributed by atoms with Gasteiger partial charge in [0.05, 0.1) is 0 Å². The van der Waals surface area contributed by atoms with Crippen LogP contribution in [0.5, 0.6) is 0 Å². The average Bonchev–Trinajstić information content (AvgIpc) is 1.52. The van der Waals surface area contributed by atoms with Gasteiger partial charge in [-0.1, -0.05) is 0 Å². The Balaban J connectivity index is 1.17. The topological polar surface area (TPSA) is 34.1 Å². The molecule has 0 bridgehead atoms. The van der Waals surface area contributed by atoms with E-state index in [4.69, 9.17) is 0 Å². The molecule has 1 heterocycles. The number of ketones is 2. The van der Waals surface area contributed by atoms with Crippen molar-refractivity contribution in [1.29, 1.82) is 0 Å². The molecule has 7 aliphatic carbocycles. The summed E-state index contributed by atoms with van der Waals surface area (Å²) in [6.45, 7) is 58.1. The second-order valence-electron chi connectivity index (χ2n) is 35.4. The van der Waals surface area contributed by atoms with Gasteiger partial charge in [0.1, 0.15) is 0 Å². The Bertz CT molecular complexity index is 3970. The Labute approximate surface area is 518 Å². The summed E-state index contributed by atoms with van der Waals surface area (Å²) >= 11 is 0. The van der Waals surface area contributed by atoms with Gasteiger partial charge in [-0.05, 0) is 0 Å². The molecule has 0 amide bonds. The van der Waals surface area contributed by atoms with Crippen LogP contribution in [0.2, 0.25) is 5.82 Å². The van der Waals surface area contributed by atoms with Gasteiger partial charge in [-0.3, -0.25) is 0 Å². The molecule has 12 rings (SSSR count). The van der Waals surface area contributed by atoms with E-state index in [1.54, 1.807) is 0 Å². The van der Waals surface area contributed by atoms with Gasteiger partial charge in [0.2, 0.25) is 0 Å². The number of hydrogen-bond acceptors (Lipinski definition) is 2. The van der Waals surface area contributed by atoms with Crippen LogP contribution in [0, 0.1) is 22.7 Å². The number of allylic oxidation sites excluding steroid dienone is 18. The van der Waals surface area contributed by atoms with E-state index in [0.29, 0.717) is 0 Å². The van der Waals surface area contributed by atoms with Crippen LogP contribution in [0.3, 0.4) is 0 Å². The molecule has 0 radical (unpaired) electrons. The Morgan fingerprint density at radius 1 is 0.453 bits per heavy atom. The van der Waals surface area contributed by atoms with Gasteiger partial charge in [-0.15, -0.1) is 0 Å². The fraction of sp³-hybridized carbons (Fsp3) is 0.458. The normalized spacial score (nSPS) is 22.3. The fourth-order valence-electron chi connectivity index (χ4n) is 15.2. The molecule has 0 aromatic heterocycles. The second-order valence-corrected chi connectivity index (χ2v) is 35.4. The molecule has 4 aromatic rings. The third kappa shape index (κ3) is 9.68. The van der Waals surface area contributed by atoms with E-state index >= 15 is 9.59 Å². The third-order valence-electron chi connectivity index (χ3n) is 20.8. The van der Waals surface area contributed by atoms with Crippen LogP contribution < -0.4 is 0 Å². The SMILES string of the molecule is CC(C)(C)C1=CC(C2=C3C(=C(c4cc(C(C)(C)C)cc(C(C)(C)C)c4)C2=O)C2=CC4c5cccc6c5C(=BC4C4=C2C3CC=C4)C2=C(c3cc(C(C)(C)C)cc(C(C)(C)C)c3)C(=O)C(c3cc(C(C)(C)C)cc(C(C)(C)C)c3)=C26)=CC(C(C)(C)C)C1. The van der Waals surface area contributed by atoms with E-state index in [0.717, 1.165) is 79.7 Å². The third-order valence-corrected chi connectivity index (χ3v) is 20.8. The first-order chi connectivity index (χ1) is 39.5. The van der Waals surface area contributed by atoms with Crippen LogP contribution in [-0.2, 0) is 42.1 Å². The Morgan fingerprint density at radius 2 is 0.895 bits per heavy atom. The number of hydrogen-bond donors (Lipinski definition) is 0. The standard InChI is InChI=1S/C83H97BO2/c1-76(2,3)48-31-44(32-49(39-48)77(4,5)6)62-68-57-28-26-30-59-66(57)61(70(68)64(74(62)85)46-35-52(80(13,14)15)41-53(36-46)81(16,17)18)43-60-56-27-25-29-58-67(56)73(84-72(59)60)71-65(47-37-54(82(19,20)21)42-55(38-47)83(22,23)24)75(86)63(69(58)71)45-33-50(78(7,8)9)40-51(34-45)79(10,11)12/h25-27,29-38,40-43,48,57,60,72H,28,39H2,1-24H3. The van der Waals surface area contributed by atoms with Crippen molar-refractivity contribution >= 4 is 46.2 Å². The van der Waals surface area contributed by atoms with Gasteiger partial charge in [0.15, 0.2) is 0 Å². The molecule has 4 unspecified atom stereocenters. The number of benzene rings is 4. The number of carbonyl (C=O) groups is 2. The summed E-state index contributed by atoms with van der Waals surface area (Å²) in [6.07, 6.45) is 14.2. The van der Waals surface area contributed by atoms with Crippen molar-refractivity contribution in [1.82, 2.24) is 0 Å². The van der Waals surface area contributed by atoms with Crippen molar-refractivity contribution in [2.75, 3.05) is 0 Å². The van der Waals surface area contributed by atoms with Crippen LogP contribution >= 0.6 is 0 Å². The minimum atomic E-state index is -0.149. The summed E-state index contributed by atoms with van der Waals surface area (Å²) in [5.74, 6) is 0.573. The number of fused-ring (bicyclic) bond motifs is 9. The van der Waals surface area contributed by atoms with Crippen LogP contribution in [0.15, 0.2) is 153 Å². The van der Waals surface area contributed by atoms with Crippen molar-refractivity contribution in [3.63, 3.8) is 0 Å². The molecule has 1 saturated carbocycles. The molecule has 8 aliphatic rings. The molecule has 0 spiro atoms. The molecular formula is C83H97BO2. The molecule has 86 heavy (non-hydrogen) atoms. The van der Waals surface area contributed by atoms with Gasteiger partial charge in [0, 0.05) is 0 Å².